The summed E-state index contributed by atoms with van der Waals surface area (Å²) < 4.78 is 8.81. The van der Waals surface area contributed by atoms with Crippen LogP contribution in [0.15, 0.2) is 29.3 Å². The van der Waals surface area contributed by atoms with Crippen LogP contribution in [0, 0.1) is 7.14 Å². The number of nitrogens with zero attached hydrogens (tertiary/aromatic N) is 1. The largest absolute Gasteiger partial charge is 0.494 e. The second-order valence-corrected chi connectivity index (χ2v) is 5.45. The maximum Gasteiger partial charge on any atom is 0.208 e. The SMILES string of the molecule is CCOc1ccn2cc(I)c(=O)c(I)c2c1. The molecule has 0 aliphatic rings. The first-order valence-electron chi connectivity index (χ1n) is 4.76. The molecule has 0 bridgehead atoms. The molecule has 0 aliphatic heterocycles. The minimum atomic E-state index is 0.0786. The van der Waals surface area contributed by atoms with Crippen LogP contribution in [0.2, 0.25) is 0 Å². The Bertz CT molecular complexity index is 592. The van der Waals surface area contributed by atoms with Gasteiger partial charge in [0.1, 0.15) is 5.75 Å². The molecule has 0 spiro atoms. The smallest absolute Gasteiger partial charge is 0.208 e. The van der Waals surface area contributed by atoms with E-state index in [9.17, 15) is 4.79 Å². The van der Waals surface area contributed by atoms with E-state index < -0.39 is 0 Å². The lowest BCUT2D eigenvalue weighted by Gasteiger charge is -2.07. The van der Waals surface area contributed by atoms with Crippen LogP contribution >= 0.6 is 45.2 Å². The van der Waals surface area contributed by atoms with Gasteiger partial charge in [-0.15, -0.1) is 0 Å². The monoisotopic (exact) mass is 441 g/mol. The average Bonchev–Trinajstić information content (AvgIpc) is 2.28. The fourth-order valence-corrected chi connectivity index (χ4v) is 3.25. The molecule has 84 valence electrons. The third-order valence-electron chi connectivity index (χ3n) is 2.16. The molecule has 0 atom stereocenters. The molecule has 0 N–H and O–H groups in total. The van der Waals surface area contributed by atoms with Crippen LogP contribution < -0.4 is 10.2 Å². The molecule has 0 saturated heterocycles. The van der Waals surface area contributed by atoms with Crippen LogP contribution in [-0.4, -0.2) is 11.0 Å². The number of halogens is 2. The van der Waals surface area contributed by atoms with Crippen LogP contribution in [0.25, 0.3) is 5.52 Å². The number of aromatic nitrogens is 1. The molecular weight excluding hydrogens is 432 g/mol. The first-order chi connectivity index (χ1) is 7.63. The van der Waals surface area contributed by atoms with Crippen LogP contribution in [0.4, 0.5) is 0 Å². The maximum absolute atomic E-state index is 11.8. The fourth-order valence-electron chi connectivity index (χ4n) is 1.44. The number of pyridine rings is 2. The first kappa shape index (κ1) is 12.2. The van der Waals surface area contributed by atoms with Gasteiger partial charge in [-0.1, -0.05) is 0 Å². The normalized spacial score (nSPS) is 10.7. The summed E-state index contributed by atoms with van der Waals surface area (Å²) in [7, 11) is 0. The van der Waals surface area contributed by atoms with Gasteiger partial charge < -0.3 is 9.14 Å². The number of ether oxygens (including phenoxy) is 1. The van der Waals surface area contributed by atoms with E-state index in [4.69, 9.17) is 4.74 Å². The van der Waals surface area contributed by atoms with E-state index in [1.165, 1.54) is 0 Å². The van der Waals surface area contributed by atoms with Crippen molar-refractivity contribution in [3.05, 3.63) is 41.9 Å². The van der Waals surface area contributed by atoms with E-state index in [1.54, 1.807) is 0 Å². The molecule has 2 heterocycles. The van der Waals surface area contributed by atoms with Crippen LogP contribution in [0.1, 0.15) is 6.92 Å². The van der Waals surface area contributed by atoms with Crippen LogP contribution in [0.3, 0.4) is 0 Å². The summed E-state index contributed by atoms with van der Waals surface area (Å²) >= 11 is 4.13. The molecule has 2 aromatic heterocycles. The van der Waals surface area contributed by atoms with Gasteiger partial charge in [-0.05, 0) is 58.2 Å². The van der Waals surface area contributed by atoms with Gasteiger partial charge in [0.05, 0.1) is 19.3 Å². The Morgan fingerprint density at radius 3 is 2.88 bits per heavy atom. The van der Waals surface area contributed by atoms with Crippen molar-refractivity contribution in [1.82, 2.24) is 4.40 Å². The molecule has 0 fully saturated rings. The lowest BCUT2D eigenvalue weighted by atomic mass is 10.3. The van der Waals surface area contributed by atoms with E-state index in [0.717, 1.165) is 18.4 Å². The van der Waals surface area contributed by atoms with Gasteiger partial charge in [-0.3, -0.25) is 4.79 Å². The van der Waals surface area contributed by atoms with Gasteiger partial charge in [-0.2, -0.15) is 0 Å². The Kier molecular flexibility index (Phi) is 3.73. The molecule has 0 amide bonds. The molecule has 3 nitrogen and oxygen atoms in total. The molecule has 16 heavy (non-hydrogen) atoms. The van der Waals surface area contributed by atoms with E-state index in [2.05, 4.69) is 45.2 Å². The highest BCUT2D eigenvalue weighted by Crippen LogP contribution is 2.18. The highest BCUT2D eigenvalue weighted by molar-refractivity contribution is 14.1. The third-order valence-corrected chi connectivity index (χ3v) is 3.97. The van der Waals surface area contributed by atoms with Gasteiger partial charge in [0, 0.05) is 18.5 Å². The molecule has 0 radical (unpaired) electrons. The lowest BCUT2D eigenvalue weighted by Crippen LogP contribution is -2.12. The fraction of sp³-hybridized carbons (Fsp3) is 0.182. The number of hydrogen-bond donors (Lipinski definition) is 0. The second-order valence-electron chi connectivity index (χ2n) is 3.21. The highest BCUT2D eigenvalue weighted by Gasteiger charge is 2.07. The number of hydrogen-bond acceptors (Lipinski definition) is 2. The van der Waals surface area contributed by atoms with Crippen molar-refractivity contribution in [3.8, 4) is 5.75 Å². The summed E-state index contributed by atoms with van der Waals surface area (Å²) in [6.07, 6.45) is 3.74. The highest BCUT2D eigenvalue weighted by atomic mass is 127. The summed E-state index contributed by atoms with van der Waals surface area (Å²) in [4.78, 5) is 11.8. The van der Waals surface area contributed by atoms with Crippen molar-refractivity contribution < 1.29 is 4.74 Å². The molecular formula is C11H9I2NO2. The Hall–Kier alpha value is -0.310. The molecule has 0 unspecified atom stereocenters. The Morgan fingerprint density at radius 1 is 1.44 bits per heavy atom. The zero-order valence-corrected chi connectivity index (χ0v) is 12.9. The van der Waals surface area contributed by atoms with Gasteiger partial charge in [0.25, 0.3) is 0 Å². The number of fused-ring (bicyclic) bond motifs is 1. The summed E-state index contributed by atoms with van der Waals surface area (Å²) in [5, 5.41) is 0. The van der Waals surface area contributed by atoms with E-state index in [-0.39, 0.29) is 5.43 Å². The molecule has 2 aromatic rings. The van der Waals surface area contributed by atoms with E-state index in [1.807, 2.05) is 35.9 Å². The van der Waals surface area contributed by atoms with E-state index in [0.29, 0.717) is 6.61 Å². The average molecular weight is 441 g/mol. The third kappa shape index (κ3) is 2.20. The Balaban J connectivity index is 2.73. The topological polar surface area (TPSA) is 30.7 Å². The van der Waals surface area contributed by atoms with Gasteiger partial charge in [-0.25, -0.2) is 0 Å². The van der Waals surface area contributed by atoms with Crippen LogP contribution in [-0.2, 0) is 0 Å². The maximum atomic E-state index is 11.8. The predicted octanol–water partition coefficient (Wildman–Crippen LogP) is 2.91. The van der Waals surface area contributed by atoms with Crippen molar-refractivity contribution >= 4 is 50.7 Å². The summed E-state index contributed by atoms with van der Waals surface area (Å²) in [6, 6.07) is 3.79. The van der Waals surface area contributed by atoms with Gasteiger partial charge in [0.2, 0.25) is 5.43 Å². The zero-order chi connectivity index (χ0) is 11.7. The van der Waals surface area contributed by atoms with Gasteiger partial charge >= 0.3 is 0 Å². The summed E-state index contributed by atoms with van der Waals surface area (Å²) in [6.45, 7) is 2.57. The second kappa shape index (κ2) is 4.91. The van der Waals surface area contributed by atoms with E-state index >= 15 is 0 Å². The number of rotatable bonds is 2. The predicted molar refractivity (Wildman–Crippen MR) is 80.3 cm³/mol. The summed E-state index contributed by atoms with van der Waals surface area (Å²) in [5.41, 5.74) is 0.965. The Labute approximate surface area is 120 Å². The minimum absolute atomic E-state index is 0.0786. The zero-order valence-electron chi connectivity index (χ0n) is 8.54. The van der Waals surface area contributed by atoms with Crippen molar-refractivity contribution in [2.24, 2.45) is 0 Å². The molecule has 0 saturated carbocycles. The van der Waals surface area contributed by atoms with Crippen LogP contribution in [0.5, 0.6) is 5.75 Å². The lowest BCUT2D eigenvalue weighted by molar-refractivity contribution is 0.340. The summed E-state index contributed by atoms with van der Waals surface area (Å²) in [5.74, 6) is 0.793. The van der Waals surface area contributed by atoms with Gasteiger partial charge in [0.15, 0.2) is 0 Å². The molecule has 5 heteroatoms. The standard InChI is InChI=1S/C11H9I2NO2/c1-2-16-7-3-4-14-6-8(12)11(15)10(13)9(14)5-7/h3-6H,2H2,1H3. The van der Waals surface area contributed by atoms with Crippen molar-refractivity contribution in [3.63, 3.8) is 0 Å². The quantitative estimate of drug-likeness (QED) is 0.672. The van der Waals surface area contributed by atoms with Crippen molar-refractivity contribution in [2.75, 3.05) is 6.61 Å². The minimum Gasteiger partial charge on any atom is -0.494 e. The van der Waals surface area contributed by atoms with Crippen molar-refractivity contribution in [2.45, 2.75) is 6.92 Å². The first-order valence-corrected chi connectivity index (χ1v) is 6.92. The molecule has 0 aromatic carbocycles. The molecule has 2 rings (SSSR count). The van der Waals surface area contributed by atoms with Crippen molar-refractivity contribution in [1.29, 1.82) is 0 Å². The Morgan fingerprint density at radius 2 is 2.19 bits per heavy atom. The molecule has 0 aliphatic carbocycles.